The monoisotopic (exact) mass is 282 g/mol. The van der Waals surface area contributed by atoms with Crippen molar-refractivity contribution in [3.8, 4) is 0 Å². The molecule has 1 saturated heterocycles. The van der Waals surface area contributed by atoms with Crippen molar-refractivity contribution in [2.75, 3.05) is 23.7 Å². The van der Waals surface area contributed by atoms with Gasteiger partial charge in [-0.25, -0.2) is 4.79 Å². The van der Waals surface area contributed by atoms with Crippen LogP contribution in [0.5, 0.6) is 0 Å². The van der Waals surface area contributed by atoms with Gasteiger partial charge in [-0.2, -0.15) is 0 Å². The Morgan fingerprint density at radius 2 is 2.10 bits per heavy atom. The molecule has 1 unspecified atom stereocenters. The summed E-state index contributed by atoms with van der Waals surface area (Å²) in [5.41, 5.74) is 5.59. The Morgan fingerprint density at radius 3 is 2.70 bits per heavy atom. The zero-order chi connectivity index (χ0) is 14.9. The van der Waals surface area contributed by atoms with E-state index in [1.165, 1.54) is 11.6 Å². The maximum absolute atomic E-state index is 12.3. The molecule has 0 aliphatic carbocycles. The third kappa shape index (κ3) is 2.45. The summed E-state index contributed by atoms with van der Waals surface area (Å²) in [6.45, 7) is 3.47. The van der Waals surface area contributed by atoms with E-state index in [1.54, 1.807) is 4.90 Å². The van der Waals surface area contributed by atoms with E-state index in [2.05, 4.69) is 0 Å². The summed E-state index contributed by atoms with van der Waals surface area (Å²) >= 11 is 0. The minimum Gasteiger partial charge on any atom is -0.391 e. The molecule has 1 aromatic heterocycles. The molecule has 20 heavy (non-hydrogen) atoms. The molecule has 1 aromatic rings. The van der Waals surface area contributed by atoms with Gasteiger partial charge < -0.3 is 15.7 Å². The number of anilines is 2. The van der Waals surface area contributed by atoms with Crippen LogP contribution in [0.15, 0.2) is 9.59 Å². The fourth-order valence-corrected chi connectivity index (χ4v) is 2.66. The van der Waals surface area contributed by atoms with Gasteiger partial charge in [0, 0.05) is 26.7 Å². The summed E-state index contributed by atoms with van der Waals surface area (Å²) in [5.74, 6) is 0.203. The number of piperidine rings is 1. The molecule has 1 fully saturated rings. The highest BCUT2D eigenvalue weighted by atomic mass is 16.3. The number of hydrogen-bond acceptors (Lipinski definition) is 5. The number of rotatable bonds is 3. The first kappa shape index (κ1) is 14.6. The molecule has 0 saturated carbocycles. The summed E-state index contributed by atoms with van der Waals surface area (Å²) in [5, 5.41) is 9.76. The van der Waals surface area contributed by atoms with Gasteiger partial charge in [0.2, 0.25) is 0 Å². The van der Waals surface area contributed by atoms with Crippen LogP contribution in [0.1, 0.15) is 26.2 Å². The Morgan fingerprint density at radius 1 is 1.40 bits per heavy atom. The molecular weight excluding hydrogens is 260 g/mol. The molecule has 7 nitrogen and oxygen atoms in total. The van der Waals surface area contributed by atoms with Crippen LogP contribution < -0.4 is 21.9 Å². The largest absolute Gasteiger partial charge is 0.391 e. The van der Waals surface area contributed by atoms with Gasteiger partial charge in [0.15, 0.2) is 0 Å². The predicted octanol–water partition coefficient (Wildman–Crippen LogP) is -0.500. The Hall–Kier alpha value is -1.76. The van der Waals surface area contributed by atoms with E-state index in [9.17, 15) is 14.7 Å². The molecule has 2 heterocycles. The summed E-state index contributed by atoms with van der Waals surface area (Å²) in [4.78, 5) is 26.2. The fourth-order valence-electron chi connectivity index (χ4n) is 2.66. The second-order valence-corrected chi connectivity index (χ2v) is 5.27. The predicted molar refractivity (Wildman–Crippen MR) is 78.1 cm³/mol. The van der Waals surface area contributed by atoms with Crippen LogP contribution in [-0.2, 0) is 13.6 Å². The SMILES string of the molecule is CCCn1c(N)c(N2CCCC(O)C2)c(=O)n(C)c1=O. The maximum Gasteiger partial charge on any atom is 0.332 e. The van der Waals surface area contributed by atoms with Crippen LogP contribution in [-0.4, -0.2) is 33.4 Å². The molecule has 1 aliphatic heterocycles. The minimum absolute atomic E-state index is 0.203. The first-order valence-corrected chi connectivity index (χ1v) is 6.99. The van der Waals surface area contributed by atoms with E-state index in [0.717, 1.165) is 23.8 Å². The lowest BCUT2D eigenvalue weighted by Crippen LogP contribution is -2.47. The molecule has 0 radical (unpaired) electrons. The highest BCUT2D eigenvalue weighted by Crippen LogP contribution is 2.21. The molecule has 0 aromatic carbocycles. The maximum atomic E-state index is 12.3. The lowest BCUT2D eigenvalue weighted by molar-refractivity contribution is 0.154. The Labute approximate surface area is 117 Å². The van der Waals surface area contributed by atoms with Gasteiger partial charge in [0.1, 0.15) is 11.5 Å². The molecule has 112 valence electrons. The van der Waals surface area contributed by atoms with E-state index >= 15 is 0 Å². The minimum atomic E-state index is -0.459. The van der Waals surface area contributed by atoms with Crippen molar-refractivity contribution in [2.24, 2.45) is 7.05 Å². The van der Waals surface area contributed by atoms with Crippen molar-refractivity contribution in [1.82, 2.24) is 9.13 Å². The van der Waals surface area contributed by atoms with E-state index < -0.39 is 17.4 Å². The van der Waals surface area contributed by atoms with Crippen LogP contribution >= 0.6 is 0 Å². The van der Waals surface area contributed by atoms with Crippen LogP contribution in [0.3, 0.4) is 0 Å². The average molecular weight is 282 g/mol. The summed E-state index contributed by atoms with van der Waals surface area (Å²) < 4.78 is 2.51. The average Bonchev–Trinajstić information content (AvgIpc) is 2.42. The lowest BCUT2D eigenvalue weighted by Gasteiger charge is -2.32. The zero-order valence-corrected chi connectivity index (χ0v) is 12.0. The highest BCUT2D eigenvalue weighted by Gasteiger charge is 2.25. The van der Waals surface area contributed by atoms with Gasteiger partial charge in [-0.15, -0.1) is 0 Å². The van der Waals surface area contributed by atoms with Crippen LogP contribution in [0.25, 0.3) is 0 Å². The molecule has 3 N–H and O–H groups in total. The summed E-state index contributed by atoms with van der Waals surface area (Å²) in [7, 11) is 1.46. The third-order valence-electron chi connectivity index (χ3n) is 3.72. The topological polar surface area (TPSA) is 93.5 Å². The Kier molecular flexibility index (Phi) is 4.17. The quantitative estimate of drug-likeness (QED) is 0.779. The standard InChI is InChI=1S/C13H22N4O3/c1-3-6-17-11(14)10(12(19)15(2)13(17)20)16-7-4-5-9(18)8-16/h9,18H,3-8,14H2,1-2H3. The van der Waals surface area contributed by atoms with Crippen molar-refractivity contribution in [3.63, 3.8) is 0 Å². The van der Waals surface area contributed by atoms with E-state index in [-0.39, 0.29) is 5.82 Å². The van der Waals surface area contributed by atoms with Crippen molar-refractivity contribution in [1.29, 1.82) is 0 Å². The smallest absolute Gasteiger partial charge is 0.332 e. The van der Waals surface area contributed by atoms with Crippen molar-refractivity contribution in [2.45, 2.75) is 38.8 Å². The molecule has 2 rings (SSSR count). The lowest BCUT2D eigenvalue weighted by atomic mass is 10.1. The van der Waals surface area contributed by atoms with Crippen molar-refractivity contribution in [3.05, 3.63) is 20.8 Å². The number of nitrogens with zero attached hydrogens (tertiary/aromatic N) is 3. The van der Waals surface area contributed by atoms with Gasteiger partial charge in [0.25, 0.3) is 5.56 Å². The number of β-amino-alcohol motifs (C(OH)–C–C–N with tert-alkyl or cyclic N) is 1. The molecular formula is C13H22N4O3. The van der Waals surface area contributed by atoms with Gasteiger partial charge in [0.05, 0.1) is 6.10 Å². The number of aromatic nitrogens is 2. The second kappa shape index (κ2) is 5.70. The van der Waals surface area contributed by atoms with E-state index in [1.807, 2.05) is 6.92 Å². The van der Waals surface area contributed by atoms with Crippen LogP contribution in [0.4, 0.5) is 11.5 Å². The van der Waals surface area contributed by atoms with Crippen molar-refractivity contribution < 1.29 is 5.11 Å². The number of nitrogen functional groups attached to an aromatic ring is 1. The van der Waals surface area contributed by atoms with Crippen molar-refractivity contribution >= 4 is 11.5 Å². The fraction of sp³-hybridized carbons (Fsp3) is 0.692. The number of aliphatic hydroxyl groups excluding tert-OH is 1. The van der Waals surface area contributed by atoms with Crippen LogP contribution in [0, 0.1) is 0 Å². The van der Waals surface area contributed by atoms with E-state index in [0.29, 0.717) is 25.3 Å². The summed E-state index contributed by atoms with van der Waals surface area (Å²) in [6, 6.07) is 0. The molecule has 1 atom stereocenters. The molecule has 1 aliphatic rings. The number of nitrogens with two attached hydrogens (primary N) is 1. The van der Waals surface area contributed by atoms with Crippen LogP contribution in [0.2, 0.25) is 0 Å². The van der Waals surface area contributed by atoms with Gasteiger partial charge in [-0.3, -0.25) is 13.9 Å². The first-order valence-electron chi connectivity index (χ1n) is 6.99. The molecule has 0 amide bonds. The molecule has 7 heteroatoms. The third-order valence-corrected chi connectivity index (χ3v) is 3.72. The van der Waals surface area contributed by atoms with Gasteiger partial charge in [-0.05, 0) is 19.3 Å². The molecule has 0 bridgehead atoms. The zero-order valence-electron chi connectivity index (χ0n) is 12.0. The Bertz CT molecular complexity index is 605. The first-order chi connectivity index (χ1) is 9.47. The molecule has 0 spiro atoms. The van der Waals surface area contributed by atoms with E-state index in [4.69, 9.17) is 5.73 Å². The normalized spacial score (nSPS) is 19.4. The second-order valence-electron chi connectivity index (χ2n) is 5.27. The van der Waals surface area contributed by atoms with Gasteiger partial charge in [-0.1, -0.05) is 6.92 Å². The van der Waals surface area contributed by atoms with Gasteiger partial charge >= 0.3 is 5.69 Å². The number of aliphatic hydroxyl groups is 1. The number of hydrogen-bond donors (Lipinski definition) is 2. The Balaban J connectivity index is 2.57. The highest BCUT2D eigenvalue weighted by molar-refractivity contribution is 5.62. The summed E-state index contributed by atoms with van der Waals surface area (Å²) in [6.07, 6.45) is 1.83.